The van der Waals surface area contributed by atoms with Gasteiger partial charge in [0.25, 0.3) is 5.91 Å². The maximum Gasteiger partial charge on any atom is 0.252 e. The summed E-state index contributed by atoms with van der Waals surface area (Å²) in [7, 11) is 0. The number of rotatable bonds is 2. The second-order valence-corrected chi connectivity index (χ2v) is 6.54. The molecule has 92 valence electrons. The lowest BCUT2D eigenvalue weighted by Gasteiger charge is -2.16. The average Bonchev–Trinajstić information content (AvgIpc) is 2.64. The summed E-state index contributed by atoms with van der Waals surface area (Å²) >= 11 is 7.05. The molecule has 0 radical (unpaired) electrons. The van der Waals surface area contributed by atoms with E-state index in [0.29, 0.717) is 10.4 Å². The molecule has 1 fully saturated rings. The van der Waals surface area contributed by atoms with Gasteiger partial charge in [-0.1, -0.05) is 28.4 Å². The summed E-state index contributed by atoms with van der Waals surface area (Å²) in [4.78, 5) is 12.5. The van der Waals surface area contributed by atoms with E-state index in [-0.39, 0.29) is 11.9 Å². The number of benzene rings is 1. The van der Waals surface area contributed by atoms with Gasteiger partial charge < -0.3 is 5.32 Å². The van der Waals surface area contributed by atoms with Crippen LogP contribution in [0, 0.1) is 6.92 Å². The Labute approximate surface area is 118 Å². The van der Waals surface area contributed by atoms with Crippen LogP contribution in [0.2, 0.25) is 0 Å². The maximum absolute atomic E-state index is 12.1. The van der Waals surface area contributed by atoms with Crippen LogP contribution in [0.3, 0.4) is 0 Å². The van der Waals surface area contributed by atoms with E-state index in [1.54, 1.807) is 0 Å². The Kier molecular flexibility index (Phi) is 4.26. The normalized spacial score (nSPS) is 23.7. The van der Waals surface area contributed by atoms with Crippen molar-refractivity contribution in [3.63, 3.8) is 0 Å². The van der Waals surface area contributed by atoms with Crippen LogP contribution in [0.1, 0.15) is 35.2 Å². The van der Waals surface area contributed by atoms with E-state index < -0.39 is 0 Å². The number of hydrogen-bond acceptors (Lipinski definition) is 1. The molecule has 2 rings (SSSR count). The van der Waals surface area contributed by atoms with Crippen molar-refractivity contribution in [2.75, 3.05) is 0 Å². The largest absolute Gasteiger partial charge is 0.348 e. The number of carbonyl (C=O) groups is 1. The first-order valence-corrected chi connectivity index (χ1v) is 7.50. The summed E-state index contributed by atoms with van der Waals surface area (Å²) < 4.78 is 0.860. The van der Waals surface area contributed by atoms with Crippen molar-refractivity contribution in [3.05, 3.63) is 33.8 Å². The van der Waals surface area contributed by atoms with Crippen molar-refractivity contribution in [3.8, 4) is 0 Å². The molecule has 2 nitrogen and oxygen atoms in total. The molecule has 1 aromatic carbocycles. The quantitative estimate of drug-likeness (QED) is 0.798. The zero-order valence-electron chi connectivity index (χ0n) is 9.67. The predicted octanol–water partition coefficient (Wildman–Crippen LogP) is 3.80. The molecule has 0 aliphatic heterocycles. The molecule has 1 N–H and O–H groups in total. The Balaban J connectivity index is 2.09. The van der Waals surface area contributed by atoms with Crippen LogP contribution in [-0.4, -0.2) is 16.8 Å². The first-order valence-electron chi connectivity index (χ1n) is 5.79. The van der Waals surface area contributed by atoms with Gasteiger partial charge in [-0.25, -0.2) is 0 Å². The molecular formula is C13H15Br2NO. The van der Waals surface area contributed by atoms with Gasteiger partial charge in [0.2, 0.25) is 0 Å². The number of nitrogens with one attached hydrogen (secondary N) is 1. The van der Waals surface area contributed by atoms with Crippen LogP contribution >= 0.6 is 31.9 Å². The smallest absolute Gasteiger partial charge is 0.252 e. The Morgan fingerprint density at radius 3 is 2.76 bits per heavy atom. The number of aryl methyl sites for hydroxylation is 1. The third-order valence-corrected chi connectivity index (χ3v) is 4.87. The van der Waals surface area contributed by atoms with E-state index in [0.717, 1.165) is 22.9 Å². The Morgan fingerprint density at radius 1 is 1.41 bits per heavy atom. The molecule has 2 atom stereocenters. The summed E-state index contributed by atoms with van der Waals surface area (Å²) in [6.07, 6.45) is 3.38. The summed E-state index contributed by atoms with van der Waals surface area (Å²) in [6, 6.07) is 6.05. The summed E-state index contributed by atoms with van der Waals surface area (Å²) in [5.41, 5.74) is 1.86. The highest BCUT2D eigenvalue weighted by Gasteiger charge is 2.26. The van der Waals surface area contributed by atoms with Crippen molar-refractivity contribution in [1.29, 1.82) is 0 Å². The molecule has 0 bridgehead atoms. The zero-order valence-corrected chi connectivity index (χ0v) is 12.8. The van der Waals surface area contributed by atoms with Crippen molar-refractivity contribution >= 4 is 37.8 Å². The number of hydrogen-bond donors (Lipinski definition) is 1. The van der Waals surface area contributed by atoms with E-state index in [1.807, 2.05) is 25.1 Å². The first kappa shape index (κ1) is 13.1. The third-order valence-electron chi connectivity index (χ3n) is 3.12. The highest BCUT2D eigenvalue weighted by molar-refractivity contribution is 9.10. The van der Waals surface area contributed by atoms with Gasteiger partial charge in [0.05, 0.1) is 5.56 Å². The summed E-state index contributed by atoms with van der Waals surface area (Å²) in [5.74, 6) is 0.00762. The van der Waals surface area contributed by atoms with Crippen LogP contribution in [0.4, 0.5) is 0 Å². The molecule has 0 heterocycles. The van der Waals surface area contributed by atoms with Crippen LogP contribution < -0.4 is 5.32 Å². The topological polar surface area (TPSA) is 29.1 Å². The van der Waals surface area contributed by atoms with Crippen LogP contribution in [0.5, 0.6) is 0 Å². The first-order chi connectivity index (χ1) is 8.08. The van der Waals surface area contributed by atoms with Gasteiger partial charge in [0.1, 0.15) is 0 Å². The molecular weight excluding hydrogens is 346 g/mol. The molecule has 0 saturated heterocycles. The molecule has 1 saturated carbocycles. The number of amides is 1. The molecule has 0 spiro atoms. The monoisotopic (exact) mass is 359 g/mol. The average molecular weight is 361 g/mol. The summed E-state index contributed by atoms with van der Waals surface area (Å²) in [5, 5.41) is 3.09. The van der Waals surface area contributed by atoms with Gasteiger partial charge in [-0.15, -0.1) is 0 Å². The number of halogens is 2. The van der Waals surface area contributed by atoms with Crippen LogP contribution in [0.15, 0.2) is 22.7 Å². The third kappa shape index (κ3) is 3.10. The van der Waals surface area contributed by atoms with Gasteiger partial charge in [-0.2, -0.15) is 0 Å². The Bertz CT molecular complexity index is 433. The van der Waals surface area contributed by atoms with E-state index >= 15 is 0 Å². The minimum atomic E-state index is 0.00762. The molecule has 17 heavy (non-hydrogen) atoms. The zero-order chi connectivity index (χ0) is 12.4. The highest BCUT2D eigenvalue weighted by atomic mass is 79.9. The van der Waals surface area contributed by atoms with Crippen LogP contribution in [-0.2, 0) is 0 Å². The number of carbonyl (C=O) groups excluding carboxylic acids is 1. The lowest BCUT2D eigenvalue weighted by atomic mass is 10.1. The van der Waals surface area contributed by atoms with E-state index in [9.17, 15) is 4.79 Å². The molecule has 1 aromatic rings. The van der Waals surface area contributed by atoms with Crippen molar-refractivity contribution in [2.45, 2.75) is 37.1 Å². The molecule has 4 heteroatoms. The van der Waals surface area contributed by atoms with Gasteiger partial charge in [0, 0.05) is 15.3 Å². The molecule has 2 unspecified atom stereocenters. The Hall–Kier alpha value is -0.350. The Morgan fingerprint density at radius 2 is 2.18 bits per heavy atom. The molecule has 0 aromatic heterocycles. The lowest BCUT2D eigenvalue weighted by molar-refractivity contribution is 0.0938. The van der Waals surface area contributed by atoms with Crippen molar-refractivity contribution in [2.24, 2.45) is 0 Å². The molecule has 1 aliphatic rings. The lowest BCUT2D eigenvalue weighted by Crippen LogP contribution is -2.37. The maximum atomic E-state index is 12.1. The van der Waals surface area contributed by atoms with Crippen LogP contribution in [0.25, 0.3) is 0 Å². The second-order valence-electron chi connectivity index (χ2n) is 4.51. The minimum Gasteiger partial charge on any atom is -0.348 e. The SMILES string of the molecule is Cc1ccc(C(=O)NC2CCCC2Br)c(Br)c1. The molecule has 1 amide bonds. The predicted molar refractivity (Wildman–Crippen MR) is 76.7 cm³/mol. The van der Waals surface area contributed by atoms with Crippen molar-refractivity contribution < 1.29 is 4.79 Å². The van der Waals surface area contributed by atoms with Gasteiger partial charge in [-0.3, -0.25) is 4.79 Å². The molecule has 1 aliphatic carbocycles. The second kappa shape index (κ2) is 5.53. The standard InChI is InChI=1S/C13H15Br2NO/c1-8-5-6-9(11(15)7-8)13(17)16-12-4-2-3-10(12)14/h5-7,10,12H,2-4H2,1H3,(H,16,17). The van der Waals surface area contributed by atoms with Gasteiger partial charge in [-0.05, 0) is 53.4 Å². The fourth-order valence-corrected chi connectivity index (χ4v) is 3.52. The van der Waals surface area contributed by atoms with Gasteiger partial charge in [0.15, 0.2) is 0 Å². The highest BCUT2D eigenvalue weighted by Crippen LogP contribution is 2.26. The fraction of sp³-hybridized carbons (Fsp3) is 0.462. The fourth-order valence-electron chi connectivity index (χ4n) is 2.13. The van der Waals surface area contributed by atoms with E-state index in [1.165, 1.54) is 6.42 Å². The number of alkyl halides is 1. The van der Waals surface area contributed by atoms with Gasteiger partial charge >= 0.3 is 0 Å². The van der Waals surface area contributed by atoms with Crippen molar-refractivity contribution in [1.82, 2.24) is 5.32 Å². The minimum absolute atomic E-state index is 0.00762. The summed E-state index contributed by atoms with van der Waals surface area (Å²) in [6.45, 7) is 2.01. The van der Waals surface area contributed by atoms with E-state index in [4.69, 9.17) is 0 Å². The van der Waals surface area contributed by atoms with E-state index in [2.05, 4.69) is 37.2 Å².